The van der Waals surface area contributed by atoms with E-state index in [2.05, 4.69) is 6.92 Å². The molecule has 0 amide bonds. The predicted octanol–water partition coefficient (Wildman–Crippen LogP) is 5.30. The molecule has 0 fully saturated rings. The molecule has 0 aromatic rings. The van der Waals surface area contributed by atoms with Crippen molar-refractivity contribution >= 4 is 5.97 Å². The Morgan fingerprint density at radius 1 is 0.773 bits per heavy atom. The third-order valence-corrected chi connectivity index (χ3v) is 4.07. The van der Waals surface area contributed by atoms with Gasteiger partial charge in [-0.2, -0.15) is 0 Å². The molecule has 1 radical (unpaired) electrons. The maximum atomic E-state index is 10.3. The molecule has 2 N–H and O–H groups in total. The van der Waals surface area contributed by atoms with Crippen LogP contribution in [0.2, 0.25) is 0 Å². The number of carboxylic acid groups (broad SMARTS) is 1. The van der Waals surface area contributed by atoms with Crippen LogP contribution in [0.5, 0.6) is 0 Å². The van der Waals surface area contributed by atoms with Crippen LogP contribution in [0.3, 0.4) is 0 Å². The fourth-order valence-electron chi connectivity index (χ4n) is 2.67. The quantitative estimate of drug-likeness (QED) is 0.321. The summed E-state index contributed by atoms with van der Waals surface area (Å²) < 4.78 is 0. The Morgan fingerprint density at radius 2 is 1.18 bits per heavy atom. The maximum Gasteiger partial charge on any atom is 0.303 e. The van der Waals surface area contributed by atoms with Gasteiger partial charge in [-0.15, -0.1) is 0 Å². The summed E-state index contributed by atoms with van der Waals surface area (Å²) in [6, 6.07) is 0. The van der Waals surface area contributed by atoms with Gasteiger partial charge in [0.25, 0.3) is 0 Å². The minimum atomic E-state index is -0.678. The summed E-state index contributed by atoms with van der Waals surface area (Å²) in [5.41, 5.74) is 0. The Balaban J connectivity index is 0. The summed E-state index contributed by atoms with van der Waals surface area (Å²) in [6.45, 7) is 2.21. The number of rotatable bonds is 16. The Morgan fingerprint density at radius 3 is 1.64 bits per heavy atom. The SMILES string of the molecule is CCCCCCC(O)CCCCCCCCCCC(=O)O.[La]. The first-order chi connectivity index (χ1) is 10.2. The minimum Gasteiger partial charge on any atom is -0.481 e. The van der Waals surface area contributed by atoms with Crippen molar-refractivity contribution < 1.29 is 50.6 Å². The molecule has 0 heterocycles. The van der Waals surface area contributed by atoms with Crippen molar-refractivity contribution in [1.82, 2.24) is 0 Å². The third kappa shape index (κ3) is 20.6. The Kier molecular flexibility index (Phi) is 22.2. The fourth-order valence-corrected chi connectivity index (χ4v) is 2.67. The largest absolute Gasteiger partial charge is 0.481 e. The van der Waals surface area contributed by atoms with E-state index in [1.165, 1.54) is 51.4 Å². The zero-order valence-electron chi connectivity index (χ0n) is 14.6. The van der Waals surface area contributed by atoms with E-state index in [4.69, 9.17) is 5.11 Å². The van der Waals surface area contributed by atoms with Crippen molar-refractivity contribution in [3.05, 3.63) is 0 Å². The normalized spacial score (nSPS) is 11.9. The van der Waals surface area contributed by atoms with Crippen LogP contribution < -0.4 is 0 Å². The van der Waals surface area contributed by atoms with Gasteiger partial charge >= 0.3 is 5.97 Å². The molecule has 22 heavy (non-hydrogen) atoms. The smallest absolute Gasteiger partial charge is 0.303 e. The molecule has 0 aromatic carbocycles. The van der Waals surface area contributed by atoms with E-state index in [1.54, 1.807) is 0 Å². The van der Waals surface area contributed by atoms with Gasteiger partial charge < -0.3 is 10.2 Å². The van der Waals surface area contributed by atoms with Gasteiger partial charge in [-0.3, -0.25) is 4.79 Å². The van der Waals surface area contributed by atoms with Gasteiger partial charge in [0.1, 0.15) is 0 Å². The van der Waals surface area contributed by atoms with Crippen molar-refractivity contribution in [2.24, 2.45) is 0 Å². The molecular formula is C18H36LaO3. The molecule has 0 aliphatic rings. The number of carboxylic acids is 1. The summed E-state index contributed by atoms with van der Waals surface area (Å²) in [4.78, 5) is 10.3. The number of aliphatic hydroxyl groups excluding tert-OH is 1. The second-order valence-electron chi connectivity index (χ2n) is 6.26. The average molecular weight is 439 g/mol. The van der Waals surface area contributed by atoms with E-state index < -0.39 is 5.97 Å². The summed E-state index contributed by atoms with van der Waals surface area (Å²) >= 11 is 0. The topological polar surface area (TPSA) is 57.5 Å². The molecule has 1 unspecified atom stereocenters. The van der Waals surface area contributed by atoms with Crippen LogP contribution in [0.1, 0.15) is 103 Å². The Bertz CT molecular complexity index is 234. The average Bonchev–Trinajstić information content (AvgIpc) is 2.45. The maximum absolute atomic E-state index is 10.3. The first kappa shape index (κ1) is 24.9. The van der Waals surface area contributed by atoms with Crippen LogP contribution in [0.4, 0.5) is 0 Å². The summed E-state index contributed by atoms with van der Waals surface area (Å²) in [5.74, 6) is -0.678. The zero-order valence-corrected chi connectivity index (χ0v) is 18.2. The van der Waals surface area contributed by atoms with E-state index in [0.717, 1.165) is 38.5 Å². The molecule has 0 saturated heterocycles. The van der Waals surface area contributed by atoms with Crippen molar-refractivity contribution in [1.29, 1.82) is 0 Å². The molecule has 0 bridgehead atoms. The molecule has 3 nitrogen and oxygen atoms in total. The van der Waals surface area contributed by atoms with Gasteiger partial charge in [0.2, 0.25) is 0 Å². The molecule has 4 heteroatoms. The van der Waals surface area contributed by atoms with Gasteiger partial charge in [-0.25, -0.2) is 0 Å². The molecule has 0 spiro atoms. The van der Waals surface area contributed by atoms with E-state index in [9.17, 15) is 9.90 Å². The number of unbranched alkanes of at least 4 members (excludes halogenated alkanes) is 10. The van der Waals surface area contributed by atoms with Crippen LogP contribution >= 0.6 is 0 Å². The number of hydrogen-bond acceptors (Lipinski definition) is 2. The third-order valence-electron chi connectivity index (χ3n) is 4.07. The minimum absolute atomic E-state index is 0. The van der Waals surface area contributed by atoms with E-state index in [1.807, 2.05) is 0 Å². The van der Waals surface area contributed by atoms with Gasteiger partial charge in [0.05, 0.1) is 6.10 Å². The number of carbonyl (C=O) groups is 1. The molecule has 0 aromatic heterocycles. The van der Waals surface area contributed by atoms with Crippen molar-refractivity contribution in [2.45, 2.75) is 109 Å². The van der Waals surface area contributed by atoms with E-state index >= 15 is 0 Å². The number of hydrogen-bond donors (Lipinski definition) is 2. The Hall–Kier alpha value is 0.625. The van der Waals surface area contributed by atoms with Gasteiger partial charge in [0.15, 0.2) is 0 Å². The van der Waals surface area contributed by atoms with Gasteiger partial charge in [-0.05, 0) is 19.3 Å². The molecule has 1 atom stereocenters. The van der Waals surface area contributed by atoms with Crippen molar-refractivity contribution in [3.63, 3.8) is 0 Å². The molecule has 0 saturated carbocycles. The summed E-state index contributed by atoms with van der Waals surface area (Å²) in [7, 11) is 0. The van der Waals surface area contributed by atoms with Gasteiger partial charge in [-0.1, -0.05) is 77.6 Å². The molecule has 0 aliphatic heterocycles. The number of aliphatic carboxylic acids is 1. The molecule has 0 aliphatic carbocycles. The standard InChI is InChI=1S/C18H36O3.La/c1-2-3-4-11-14-17(19)15-12-9-7-5-6-8-10-13-16-18(20)21;/h17,19H,2-16H2,1H3,(H,20,21);. The van der Waals surface area contributed by atoms with Crippen LogP contribution in [-0.4, -0.2) is 22.3 Å². The Labute approximate surface area is 165 Å². The first-order valence-corrected chi connectivity index (χ1v) is 9.06. The van der Waals surface area contributed by atoms with Crippen molar-refractivity contribution in [3.8, 4) is 0 Å². The van der Waals surface area contributed by atoms with Crippen LogP contribution in [0.15, 0.2) is 0 Å². The molecule has 0 rings (SSSR count). The molecule has 129 valence electrons. The van der Waals surface area contributed by atoms with Crippen LogP contribution in [-0.2, 0) is 4.79 Å². The van der Waals surface area contributed by atoms with E-state index in [-0.39, 0.29) is 41.7 Å². The number of aliphatic hydroxyl groups is 1. The van der Waals surface area contributed by atoms with Crippen LogP contribution in [0, 0.1) is 35.6 Å². The zero-order chi connectivity index (χ0) is 15.8. The summed E-state index contributed by atoms with van der Waals surface area (Å²) in [5, 5.41) is 18.4. The monoisotopic (exact) mass is 439 g/mol. The molecular weight excluding hydrogens is 403 g/mol. The van der Waals surface area contributed by atoms with Gasteiger partial charge in [0, 0.05) is 42.0 Å². The second kappa shape index (κ2) is 19.7. The summed E-state index contributed by atoms with van der Waals surface area (Å²) in [6.07, 6.45) is 16.3. The van der Waals surface area contributed by atoms with Crippen molar-refractivity contribution in [2.75, 3.05) is 0 Å². The first-order valence-electron chi connectivity index (χ1n) is 9.06. The fraction of sp³-hybridized carbons (Fsp3) is 0.944. The predicted molar refractivity (Wildman–Crippen MR) is 88.6 cm³/mol. The second-order valence-corrected chi connectivity index (χ2v) is 6.26. The van der Waals surface area contributed by atoms with Crippen LogP contribution in [0.25, 0.3) is 0 Å². The van der Waals surface area contributed by atoms with E-state index in [0.29, 0.717) is 6.42 Å².